The van der Waals surface area contributed by atoms with Gasteiger partial charge in [0.15, 0.2) is 0 Å². The predicted octanol–water partition coefficient (Wildman–Crippen LogP) is 3.04. The zero-order valence-corrected chi connectivity index (χ0v) is 19.6. The molecule has 1 aliphatic rings. The molecule has 4 heterocycles. The van der Waals surface area contributed by atoms with Gasteiger partial charge >= 0.3 is 6.18 Å². The summed E-state index contributed by atoms with van der Waals surface area (Å²) in [5.41, 5.74) is -0.810. The van der Waals surface area contributed by atoms with E-state index in [0.717, 1.165) is 34.4 Å². The van der Waals surface area contributed by atoms with Crippen LogP contribution in [0, 0.1) is 0 Å². The molecule has 4 aromatic rings. The van der Waals surface area contributed by atoms with Gasteiger partial charge in [-0.1, -0.05) is 0 Å². The number of hydrogen-bond donors (Lipinski definition) is 2. The van der Waals surface area contributed by atoms with Gasteiger partial charge in [-0.05, 0) is 49.2 Å². The minimum atomic E-state index is -4.68. The van der Waals surface area contributed by atoms with Crippen LogP contribution in [-0.2, 0) is 17.5 Å². The van der Waals surface area contributed by atoms with Gasteiger partial charge in [-0.3, -0.25) is 19.4 Å². The SMILES string of the molecule is O=C(Cn1cc(C(=O)Nc2ccc(-n3nc(-c4cccnc4)cc3C(F)(F)F)cn2)ccc1=O)NC1CC1. The molecule has 2 amide bonds. The number of rotatable bonds is 7. The van der Waals surface area contributed by atoms with E-state index in [0.29, 0.717) is 5.56 Å². The number of aromatic nitrogens is 5. The van der Waals surface area contributed by atoms with E-state index < -0.39 is 23.3 Å². The van der Waals surface area contributed by atoms with E-state index in [-0.39, 0.29) is 41.3 Å². The molecule has 1 aliphatic carbocycles. The molecule has 0 spiro atoms. The van der Waals surface area contributed by atoms with E-state index in [9.17, 15) is 27.6 Å². The third-order valence-corrected chi connectivity index (χ3v) is 5.69. The molecule has 38 heavy (non-hydrogen) atoms. The molecule has 1 saturated carbocycles. The van der Waals surface area contributed by atoms with E-state index in [4.69, 9.17) is 0 Å². The smallest absolute Gasteiger partial charge is 0.352 e. The molecule has 0 radical (unpaired) electrons. The first-order chi connectivity index (χ1) is 18.2. The lowest BCUT2D eigenvalue weighted by molar-refractivity contribution is -0.142. The van der Waals surface area contributed by atoms with Crippen molar-refractivity contribution in [2.24, 2.45) is 0 Å². The van der Waals surface area contributed by atoms with Crippen molar-refractivity contribution < 1.29 is 22.8 Å². The number of carbonyl (C=O) groups excluding carboxylic acids is 2. The van der Waals surface area contributed by atoms with Gasteiger partial charge in [-0.15, -0.1) is 0 Å². The molecule has 2 N–H and O–H groups in total. The molecule has 194 valence electrons. The van der Waals surface area contributed by atoms with Gasteiger partial charge < -0.3 is 15.2 Å². The zero-order valence-electron chi connectivity index (χ0n) is 19.6. The van der Waals surface area contributed by atoms with Crippen molar-refractivity contribution in [2.45, 2.75) is 31.6 Å². The lowest BCUT2D eigenvalue weighted by Gasteiger charge is -2.11. The monoisotopic (exact) mass is 523 g/mol. The average molecular weight is 523 g/mol. The van der Waals surface area contributed by atoms with E-state index in [2.05, 4.69) is 25.7 Å². The van der Waals surface area contributed by atoms with E-state index in [1.807, 2.05) is 0 Å². The molecule has 0 aromatic carbocycles. The molecule has 4 aromatic heterocycles. The molecule has 0 saturated heterocycles. The van der Waals surface area contributed by atoms with Gasteiger partial charge in [-0.25, -0.2) is 9.67 Å². The van der Waals surface area contributed by atoms with Crippen LogP contribution in [0.5, 0.6) is 0 Å². The fourth-order valence-corrected chi connectivity index (χ4v) is 3.65. The average Bonchev–Trinajstić information content (AvgIpc) is 3.58. The minimum Gasteiger partial charge on any atom is -0.352 e. The lowest BCUT2D eigenvalue weighted by atomic mass is 10.2. The second-order valence-electron chi connectivity index (χ2n) is 8.65. The van der Waals surface area contributed by atoms with Crippen molar-refractivity contribution in [3.8, 4) is 16.9 Å². The highest BCUT2D eigenvalue weighted by Crippen LogP contribution is 2.34. The Labute approximate surface area is 213 Å². The zero-order chi connectivity index (χ0) is 26.9. The minimum absolute atomic E-state index is 0.0284. The largest absolute Gasteiger partial charge is 0.433 e. The maximum atomic E-state index is 13.7. The Morgan fingerprint density at radius 1 is 1.08 bits per heavy atom. The molecule has 0 aliphatic heterocycles. The Kier molecular flexibility index (Phi) is 6.49. The van der Waals surface area contributed by atoms with Gasteiger partial charge in [0.1, 0.15) is 18.1 Å². The Morgan fingerprint density at radius 2 is 1.89 bits per heavy atom. The highest BCUT2D eigenvalue weighted by molar-refractivity contribution is 6.03. The van der Waals surface area contributed by atoms with Crippen LogP contribution >= 0.6 is 0 Å². The fourth-order valence-electron chi connectivity index (χ4n) is 3.65. The summed E-state index contributed by atoms with van der Waals surface area (Å²) in [4.78, 5) is 44.8. The summed E-state index contributed by atoms with van der Waals surface area (Å²) in [6, 6.07) is 9.39. The molecular formula is C25H20F3N7O3. The summed E-state index contributed by atoms with van der Waals surface area (Å²) in [5.74, 6) is -0.875. The molecule has 5 rings (SSSR count). The quantitative estimate of drug-likeness (QED) is 0.384. The van der Waals surface area contributed by atoms with Crippen molar-refractivity contribution in [3.05, 3.63) is 88.9 Å². The molecular weight excluding hydrogens is 503 g/mol. The Balaban J connectivity index is 1.33. The van der Waals surface area contributed by atoms with Crippen molar-refractivity contribution in [2.75, 3.05) is 5.32 Å². The fraction of sp³-hybridized carbons (Fsp3) is 0.200. The van der Waals surface area contributed by atoms with Gasteiger partial charge in [0.25, 0.3) is 11.5 Å². The van der Waals surface area contributed by atoms with E-state index in [1.165, 1.54) is 42.9 Å². The van der Waals surface area contributed by atoms with Crippen LogP contribution in [0.15, 0.2) is 72.0 Å². The standard InChI is InChI=1S/C25H20F3N7O3/c26-25(27,28)20-10-19(15-2-1-9-29-11-15)33-35(20)18-6-7-21(30-12-18)32-24(38)16-3-8-23(37)34(13-16)14-22(36)31-17-4-5-17/h1-3,6-13,17H,4-5,14H2,(H,31,36)(H,30,32,38). The molecule has 10 nitrogen and oxygen atoms in total. The van der Waals surface area contributed by atoms with E-state index in [1.54, 1.807) is 12.1 Å². The van der Waals surface area contributed by atoms with Crippen LogP contribution in [0.25, 0.3) is 16.9 Å². The number of amides is 2. The number of alkyl halides is 3. The summed E-state index contributed by atoms with van der Waals surface area (Å²) in [6.07, 6.45) is 2.44. The number of nitrogens with zero attached hydrogens (tertiary/aromatic N) is 5. The van der Waals surface area contributed by atoms with Crippen LogP contribution in [-0.4, -0.2) is 42.2 Å². The molecule has 13 heteroatoms. The third kappa shape index (κ3) is 5.61. The number of nitrogens with one attached hydrogen (secondary N) is 2. The van der Waals surface area contributed by atoms with Gasteiger partial charge in [0.2, 0.25) is 5.91 Å². The Bertz CT molecular complexity index is 1540. The highest BCUT2D eigenvalue weighted by Gasteiger charge is 2.36. The Morgan fingerprint density at radius 3 is 2.55 bits per heavy atom. The van der Waals surface area contributed by atoms with E-state index >= 15 is 0 Å². The van der Waals surface area contributed by atoms with Crippen LogP contribution < -0.4 is 16.2 Å². The van der Waals surface area contributed by atoms with Crippen molar-refractivity contribution in [1.29, 1.82) is 0 Å². The van der Waals surface area contributed by atoms with Crippen molar-refractivity contribution >= 4 is 17.6 Å². The maximum Gasteiger partial charge on any atom is 0.433 e. The second-order valence-corrected chi connectivity index (χ2v) is 8.65. The summed E-state index contributed by atoms with van der Waals surface area (Å²) in [5, 5.41) is 9.38. The number of hydrogen-bond acceptors (Lipinski definition) is 6. The summed E-state index contributed by atoms with van der Waals surface area (Å²) in [7, 11) is 0. The highest BCUT2D eigenvalue weighted by atomic mass is 19.4. The molecule has 0 bridgehead atoms. The number of carbonyl (C=O) groups is 2. The lowest BCUT2D eigenvalue weighted by Crippen LogP contribution is -2.33. The summed E-state index contributed by atoms with van der Waals surface area (Å²) >= 11 is 0. The topological polar surface area (TPSA) is 124 Å². The summed E-state index contributed by atoms with van der Waals surface area (Å²) < 4.78 is 43.0. The van der Waals surface area contributed by atoms with Gasteiger partial charge in [0.05, 0.1) is 23.1 Å². The number of halogens is 3. The first-order valence-corrected chi connectivity index (χ1v) is 11.5. The first-order valence-electron chi connectivity index (χ1n) is 11.5. The van der Waals surface area contributed by atoms with Crippen molar-refractivity contribution in [3.63, 3.8) is 0 Å². The van der Waals surface area contributed by atoms with Crippen LogP contribution in [0.2, 0.25) is 0 Å². The van der Waals surface area contributed by atoms with Gasteiger partial charge in [-0.2, -0.15) is 18.3 Å². The Hall–Kier alpha value is -4.81. The molecule has 0 atom stereocenters. The van der Waals surface area contributed by atoms with Crippen LogP contribution in [0.1, 0.15) is 28.9 Å². The predicted molar refractivity (Wildman–Crippen MR) is 129 cm³/mol. The van der Waals surface area contributed by atoms with Gasteiger partial charge in [0, 0.05) is 36.3 Å². The normalized spacial score (nSPS) is 13.2. The third-order valence-electron chi connectivity index (χ3n) is 5.69. The summed E-state index contributed by atoms with van der Waals surface area (Å²) in [6.45, 7) is -0.226. The van der Waals surface area contributed by atoms with Crippen molar-refractivity contribution in [1.82, 2.24) is 29.6 Å². The molecule has 1 fully saturated rings. The second kappa shape index (κ2) is 9.92. The number of anilines is 1. The molecule has 0 unspecified atom stereocenters. The maximum absolute atomic E-state index is 13.7. The number of pyridine rings is 3. The van der Waals surface area contributed by atoms with Crippen LogP contribution in [0.4, 0.5) is 19.0 Å². The van der Waals surface area contributed by atoms with Crippen LogP contribution in [0.3, 0.4) is 0 Å². The first kappa shape index (κ1) is 24.9.